The lowest BCUT2D eigenvalue weighted by Crippen LogP contribution is -2.35. The summed E-state index contributed by atoms with van der Waals surface area (Å²) in [6.07, 6.45) is 1.07. The predicted octanol–water partition coefficient (Wildman–Crippen LogP) is 1.42. The van der Waals surface area contributed by atoms with E-state index in [1.165, 1.54) is 0 Å². The Morgan fingerprint density at radius 3 is 3.05 bits per heavy atom. The SMILES string of the molecule is COCCCNC(=O)[C@@H]1CC(=O)N(C)[C@@H]1c1cccs1. The number of carbonyl (C=O) groups excluding carboxylic acids is 2. The molecule has 0 bridgehead atoms. The molecule has 1 aliphatic heterocycles. The van der Waals surface area contributed by atoms with Crippen LogP contribution in [0.15, 0.2) is 17.5 Å². The number of nitrogens with one attached hydrogen (secondary N) is 1. The highest BCUT2D eigenvalue weighted by atomic mass is 32.1. The fourth-order valence-corrected chi connectivity index (χ4v) is 3.45. The fourth-order valence-electron chi connectivity index (χ4n) is 2.51. The number of rotatable bonds is 6. The summed E-state index contributed by atoms with van der Waals surface area (Å²) in [7, 11) is 3.41. The highest BCUT2D eigenvalue weighted by Crippen LogP contribution is 2.38. The molecule has 0 saturated carbocycles. The van der Waals surface area contributed by atoms with Crippen LogP contribution < -0.4 is 5.32 Å². The molecule has 1 aliphatic rings. The van der Waals surface area contributed by atoms with E-state index in [0.29, 0.717) is 13.2 Å². The van der Waals surface area contributed by atoms with E-state index in [1.807, 2.05) is 17.5 Å². The van der Waals surface area contributed by atoms with Crippen molar-refractivity contribution < 1.29 is 14.3 Å². The molecule has 0 spiro atoms. The van der Waals surface area contributed by atoms with Gasteiger partial charge in [-0.05, 0) is 17.9 Å². The molecule has 5 nitrogen and oxygen atoms in total. The average molecular weight is 296 g/mol. The van der Waals surface area contributed by atoms with Crippen LogP contribution in [0.1, 0.15) is 23.8 Å². The van der Waals surface area contributed by atoms with E-state index in [9.17, 15) is 9.59 Å². The highest BCUT2D eigenvalue weighted by molar-refractivity contribution is 7.10. The van der Waals surface area contributed by atoms with Gasteiger partial charge in [-0.3, -0.25) is 9.59 Å². The molecule has 0 radical (unpaired) electrons. The smallest absolute Gasteiger partial charge is 0.226 e. The van der Waals surface area contributed by atoms with E-state index in [2.05, 4.69) is 5.32 Å². The van der Waals surface area contributed by atoms with Crippen LogP contribution in [0.3, 0.4) is 0 Å². The van der Waals surface area contributed by atoms with Gasteiger partial charge in [0.2, 0.25) is 11.8 Å². The van der Waals surface area contributed by atoms with Crippen molar-refractivity contribution in [2.45, 2.75) is 18.9 Å². The molecule has 1 N–H and O–H groups in total. The van der Waals surface area contributed by atoms with Gasteiger partial charge in [0.1, 0.15) is 0 Å². The fraction of sp³-hybridized carbons (Fsp3) is 0.571. The molecule has 1 aromatic rings. The van der Waals surface area contributed by atoms with Crippen LogP contribution in [0, 0.1) is 5.92 Å². The van der Waals surface area contributed by atoms with Gasteiger partial charge in [-0.1, -0.05) is 6.07 Å². The topological polar surface area (TPSA) is 58.6 Å². The minimum absolute atomic E-state index is 0.0282. The van der Waals surface area contributed by atoms with Crippen molar-refractivity contribution in [3.05, 3.63) is 22.4 Å². The third kappa shape index (κ3) is 3.19. The summed E-state index contributed by atoms with van der Waals surface area (Å²) in [5.74, 6) is -0.314. The molecule has 2 amide bonds. The maximum atomic E-state index is 12.3. The van der Waals surface area contributed by atoms with Crippen molar-refractivity contribution in [2.24, 2.45) is 5.92 Å². The summed E-state index contributed by atoms with van der Waals surface area (Å²) >= 11 is 1.59. The Labute approximate surface area is 122 Å². The van der Waals surface area contributed by atoms with Crippen molar-refractivity contribution in [1.82, 2.24) is 10.2 Å². The molecule has 2 atom stereocenters. The minimum atomic E-state index is -0.298. The number of likely N-dealkylation sites (tertiary alicyclic amines) is 1. The third-order valence-corrected chi connectivity index (χ3v) is 4.53. The number of methoxy groups -OCH3 is 1. The lowest BCUT2D eigenvalue weighted by molar-refractivity contribution is -0.128. The summed E-state index contributed by atoms with van der Waals surface area (Å²) < 4.78 is 4.95. The van der Waals surface area contributed by atoms with Gasteiger partial charge in [0.05, 0.1) is 12.0 Å². The molecular weight excluding hydrogens is 276 g/mol. The Balaban J connectivity index is 2.01. The van der Waals surface area contributed by atoms with Gasteiger partial charge in [0.25, 0.3) is 0 Å². The lowest BCUT2D eigenvalue weighted by Gasteiger charge is -2.23. The van der Waals surface area contributed by atoms with Gasteiger partial charge in [0.15, 0.2) is 0 Å². The second kappa shape index (κ2) is 6.85. The number of carbonyl (C=O) groups is 2. The first-order valence-electron chi connectivity index (χ1n) is 6.71. The van der Waals surface area contributed by atoms with Crippen LogP contribution in [0.5, 0.6) is 0 Å². The van der Waals surface area contributed by atoms with Crippen molar-refractivity contribution >= 4 is 23.2 Å². The number of ether oxygens (including phenoxy) is 1. The van der Waals surface area contributed by atoms with Crippen molar-refractivity contribution in [3.63, 3.8) is 0 Å². The molecule has 0 unspecified atom stereocenters. The monoisotopic (exact) mass is 296 g/mol. The van der Waals surface area contributed by atoms with E-state index in [0.717, 1.165) is 11.3 Å². The Morgan fingerprint density at radius 1 is 1.60 bits per heavy atom. The number of hydrogen-bond acceptors (Lipinski definition) is 4. The number of thiophene rings is 1. The van der Waals surface area contributed by atoms with Gasteiger partial charge in [-0.25, -0.2) is 0 Å². The molecule has 110 valence electrons. The Kier molecular flexibility index (Phi) is 5.14. The number of hydrogen-bond donors (Lipinski definition) is 1. The highest BCUT2D eigenvalue weighted by Gasteiger charge is 2.42. The van der Waals surface area contributed by atoms with Crippen LogP contribution >= 0.6 is 11.3 Å². The van der Waals surface area contributed by atoms with Crippen LogP contribution in [-0.2, 0) is 14.3 Å². The molecule has 0 aliphatic carbocycles. The standard InChI is InChI=1S/C14H20N2O3S/c1-16-12(17)9-10(13(16)11-5-3-8-20-11)14(18)15-6-4-7-19-2/h3,5,8,10,13H,4,6-7,9H2,1-2H3,(H,15,18)/t10-,13+/m1/s1. The van der Waals surface area contributed by atoms with Gasteiger partial charge in [-0.2, -0.15) is 0 Å². The molecule has 0 aromatic carbocycles. The number of nitrogens with zero attached hydrogens (tertiary/aromatic N) is 1. The molecular formula is C14H20N2O3S. The zero-order chi connectivity index (χ0) is 14.5. The second-order valence-electron chi connectivity index (χ2n) is 4.91. The predicted molar refractivity (Wildman–Crippen MR) is 77.4 cm³/mol. The van der Waals surface area contributed by atoms with Crippen molar-refractivity contribution in [1.29, 1.82) is 0 Å². The summed E-state index contributed by atoms with van der Waals surface area (Å²) in [5, 5.41) is 4.87. The van der Waals surface area contributed by atoms with Gasteiger partial charge in [-0.15, -0.1) is 11.3 Å². The summed E-state index contributed by atoms with van der Waals surface area (Å²) in [6, 6.07) is 3.80. The molecule has 20 heavy (non-hydrogen) atoms. The zero-order valence-electron chi connectivity index (χ0n) is 11.8. The summed E-state index contributed by atoms with van der Waals surface area (Å²) in [6.45, 7) is 1.20. The normalized spacial score (nSPS) is 22.3. The Morgan fingerprint density at radius 2 is 2.40 bits per heavy atom. The van der Waals surface area contributed by atoms with E-state index in [4.69, 9.17) is 4.74 Å². The van der Waals surface area contributed by atoms with Crippen LogP contribution in [-0.4, -0.2) is 44.0 Å². The van der Waals surface area contributed by atoms with E-state index < -0.39 is 0 Å². The maximum Gasteiger partial charge on any atom is 0.226 e. The summed E-state index contributed by atoms with van der Waals surface area (Å²) in [5.41, 5.74) is 0. The largest absolute Gasteiger partial charge is 0.385 e. The first-order chi connectivity index (χ1) is 9.65. The van der Waals surface area contributed by atoms with Crippen molar-refractivity contribution in [3.8, 4) is 0 Å². The quantitative estimate of drug-likeness (QED) is 0.808. The lowest BCUT2D eigenvalue weighted by atomic mass is 9.98. The Hall–Kier alpha value is -1.40. The molecule has 2 heterocycles. The molecule has 6 heteroatoms. The van der Waals surface area contributed by atoms with E-state index in [-0.39, 0.29) is 30.2 Å². The van der Waals surface area contributed by atoms with E-state index >= 15 is 0 Å². The molecule has 1 saturated heterocycles. The van der Waals surface area contributed by atoms with Gasteiger partial charge in [0, 0.05) is 38.6 Å². The zero-order valence-corrected chi connectivity index (χ0v) is 12.6. The minimum Gasteiger partial charge on any atom is -0.385 e. The van der Waals surface area contributed by atoms with E-state index in [1.54, 1.807) is 30.4 Å². The maximum absolute atomic E-state index is 12.3. The first-order valence-corrected chi connectivity index (χ1v) is 7.59. The van der Waals surface area contributed by atoms with Crippen molar-refractivity contribution in [2.75, 3.05) is 27.3 Å². The third-order valence-electron chi connectivity index (χ3n) is 3.58. The van der Waals surface area contributed by atoms with Crippen LogP contribution in [0.25, 0.3) is 0 Å². The van der Waals surface area contributed by atoms with Crippen LogP contribution in [0.4, 0.5) is 0 Å². The van der Waals surface area contributed by atoms with Crippen LogP contribution in [0.2, 0.25) is 0 Å². The molecule has 1 aromatic heterocycles. The average Bonchev–Trinajstić information content (AvgIpc) is 3.04. The second-order valence-corrected chi connectivity index (χ2v) is 5.89. The molecule has 1 fully saturated rings. The number of amides is 2. The Bertz CT molecular complexity index is 461. The van der Waals surface area contributed by atoms with Gasteiger partial charge >= 0.3 is 0 Å². The van der Waals surface area contributed by atoms with Gasteiger partial charge < -0.3 is 15.0 Å². The first kappa shape index (κ1) is 15.0. The summed E-state index contributed by atoms with van der Waals surface area (Å²) in [4.78, 5) is 26.9. The molecule has 2 rings (SSSR count).